The first kappa shape index (κ1) is 17.9. The third-order valence-corrected chi connectivity index (χ3v) is 5.48. The summed E-state index contributed by atoms with van der Waals surface area (Å²) in [5.74, 6) is 0.336. The van der Waals surface area contributed by atoms with E-state index in [0.717, 1.165) is 29.1 Å². The molecule has 0 bridgehead atoms. The fourth-order valence-electron chi connectivity index (χ4n) is 2.76. The third-order valence-electron chi connectivity index (χ3n) is 4.03. The van der Waals surface area contributed by atoms with Crippen LogP contribution in [-0.2, 0) is 11.3 Å². The van der Waals surface area contributed by atoms with Gasteiger partial charge in [0.05, 0.1) is 5.75 Å². The molecule has 0 unspecified atom stereocenters. The summed E-state index contributed by atoms with van der Waals surface area (Å²) in [5, 5.41) is 4.77. The van der Waals surface area contributed by atoms with Gasteiger partial charge in [-0.05, 0) is 37.1 Å². The lowest BCUT2D eigenvalue weighted by molar-refractivity contribution is -0.113. The molecule has 1 aromatic heterocycles. The second kappa shape index (κ2) is 7.98. The number of carbonyl (C=O) groups is 1. The van der Waals surface area contributed by atoms with E-state index in [4.69, 9.17) is 11.6 Å². The second-order valence-electron chi connectivity index (χ2n) is 6.00. The fraction of sp³-hybridized carbons (Fsp3) is 0.250. The van der Waals surface area contributed by atoms with E-state index in [-0.39, 0.29) is 5.91 Å². The van der Waals surface area contributed by atoms with Crippen molar-refractivity contribution in [2.45, 2.75) is 31.7 Å². The first-order valence-electron chi connectivity index (χ1n) is 8.35. The van der Waals surface area contributed by atoms with Crippen LogP contribution in [0, 0.1) is 6.92 Å². The van der Waals surface area contributed by atoms with E-state index < -0.39 is 0 Å². The molecule has 0 saturated carbocycles. The van der Waals surface area contributed by atoms with Crippen molar-refractivity contribution in [3.05, 3.63) is 59.2 Å². The molecule has 1 amide bonds. The van der Waals surface area contributed by atoms with Gasteiger partial charge in [0.2, 0.25) is 5.91 Å². The molecule has 0 saturated heterocycles. The first-order chi connectivity index (χ1) is 12.1. The summed E-state index contributed by atoms with van der Waals surface area (Å²) in [5.41, 5.74) is 2.95. The zero-order valence-corrected chi connectivity index (χ0v) is 16.0. The van der Waals surface area contributed by atoms with Gasteiger partial charge >= 0.3 is 0 Å². The van der Waals surface area contributed by atoms with Crippen LogP contribution in [0.3, 0.4) is 0 Å². The van der Waals surface area contributed by atoms with E-state index in [9.17, 15) is 4.79 Å². The summed E-state index contributed by atoms with van der Waals surface area (Å²) < 4.78 is 2.26. The summed E-state index contributed by atoms with van der Waals surface area (Å²) in [4.78, 5) is 13.4. The number of thioether (sulfide) groups is 1. The van der Waals surface area contributed by atoms with Crippen molar-refractivity contribution in [3.8, 4) is 0 Å². The van der Waals surface area contributed by atoms with Crippen molar-refractivity contribution >= 4 is 45.9 Å². The number of hydrogen-bond acceptors (Lipinski definition) is 2. The predicted octanol–water partition coefficient (Wildman–Crippen LogP) is 5.74. The Bertz CT molecular complexity index is 904. The van der Waals surface area contributed by atoms with E-state index in [1.54, 1.807) is 17.8 Å². The molecule has 2 aromatic carbocycles. The Morgan fingerprint density at radius 2 is 2.04 bits per heavy atom. The van der Waals surface area contributed by atoms with Crippen LogP contribution in [0.15, 0.2) is 53.6 Å². The summed E-state index contributed by atoms with van der Waals surface area (Å²) >= 11 is 7.67. The molecule has 3 rings (SSSR count). The van der Waals surface area contributed by atoms with Gasteiger partial charge in [-0.25, -0.2) is 0 Å². The largest absolute Gasteiger partial charge is 0.346 e. The van der Waals surface area contributed by atoms with Gasteiger partial charge in [0.15, 0.2) is 0 Å². The van der Waals surface area contributed by atoms with Gasteiger partial charge in [0.25, 0.3) is 0 Å². The molecule has 0 fully saturated rings. The molecule has 0 spiro atoms. The number of rotatable bonds is 6. The maximum atomic E-state index is 12.3. The lowest BCUT2D eigenvalue weighted by Gasteiger charge is -2.06. The lowest BCUT2D eigenvalue weighted by Crippen LogP contribution is -2.13. The number of fused-ring (bicyclic) bond motifs is 1. The number of nitrogens with zero attached hydrogens (tertiary/aromatic N) is 1. The van der Waals surface area contributed by atoms with Crippen molar-refractivity contribution in [2.75, 3.05) is 11.1 Å². The van der Waals surface area contributed by atoms with Crippen molar-refractivity contribution < 1.29 is 4.79 Å². The van der Waals surface area contributed by atoms with Crippen molar-refractivity contribution in [1.29, 1.82) is 0 Å². The Hall–Kier alpha value is -1.91. The van der Waals surface area contributed by atoms with Crippen LogP contribution >= 0.6 is 23.4 Å². The normalized spacial score (nSPS) is 11.0. The fourth-order valence-corrected chi connectivity index (χ4v) is 3.83. The molecule has 25 heavy (non-hydrogen) atoms. The number of nitrogens with one attached hydrogen (secondary N) is 1. The van der Waals surface area contributed by atoms with Crippen molar-refractivity contribution in [3.63, 3.8) is 0 Å². The van der Waals surface area contributed by atoms with Crippen LogP contribution in [0.4, 0.5) is 5.69 Å². The van der Waals surface area contributed by atoms with E-state index in [0.29, 0.717) is 10.8 Å². The van der Waals surface area contributed by atoms with Crippen LogP contribution < -0.4 is 5.32 Å². The van der Waals surface area contributed by atoms with Gasteiger partial charge in [-0.15, -0.1) is 11.8 Å². The van der Waals surface area contributed by atoms with Gasteiger partial charge in [0.1, 0.15) is 0 Å². The molecule has 0 radical (unpaired) electrons. The maximum absolute atomic E-state index is 12.3. The number of halogens is 1. The Labute approximate surface area is 157 Å². The Morgan fingerprint density at radius 3 is 2.80 bits per heavy atom. The zero-order chi connectivity index (χ0) is 17.8. The van der Waals surface area contributed by atoms with Crippen molar-refractivity contribution in [2.24, 2.45) is 0 Å². The second-order valence-corrected chi connectivity index (χ2v) is 7.43. The van der Waals surface area contributed by atoms with Gasteiger partial charge < -0.3 is 9.88 Å². The monoisotopic (exact) mass is 372 g/mol. The molecule has 0 atom stereocenters. The lowest BCUT2D eigenvalue weighted by atomic mass is 10.2. The minimum absolute atomic E-state index is 0.0303. The number of anilines is 1. The number of aryl methyl sites for hydroxylation is 2. The van der Waals surface area contributed by atoms with E-state index in [1.807, 2.05) is 25.1 Å². The summed E-state index contributed by atoms with van der Waals surface area (Å²) in [6, 6.07) is 13.9. The molecule has 0 aliphatic carbocycles. The van der Waals surface area contributed by atoms with Crippen LogP contribution in [-0.4, -0.2) is 16.2 Å². The molecular weight excluding hydrogens is 352 g/mol. The quantitative estimate of drug-likeness (QED) is 0.559. The van der Waals surface area contributed by atoms with Crippen LogP contribution in [0.1, 0.15) is 18.9 Å². The number of para-hydroxylation sites is 1. The van der Waals surface area contributed by atoms with Gasteiger partial charge in [-0.1, -0.05) is 42.8 Å². The van der Waals surface area contributed by atoms with Gasteiger partial charge in [-0.3, -0.25) is 4.79 Å². The molecule has 5 heteroatoms. The SMILES string of the molecule is CCCn1cc(SCC(=O)Nc2ccc(C)c(Cl)c2)c2ccccc21. The summed E-state index contributed by atoms with van der Waals surface area (Å²) in [6.45, 7) is 5.09. The standard InChI is InChI=1S/C20H21ClN2OS/c1-3-10-23-12-19(16-6-4-5-7-18(16)23)25-13-20(24)22-15-9-8-14(2)17(21)11-15/h4-9,11-12H,3,10,13H2,1-2H3,(H,22,24). The first-order valence-corrected chi connectivity index (χ1v) is 9.71. The highest BCUT2D eigenvalue weighted by atomic mass is 35.5. The highest BCUT2D eigenvalue weighted by molar-refractivity contribution is 8.00. The minimum Gasteiger partial charge on any atom is -0.346 e. The Morgan fingerprint density at radius 1 is 1.24 bits per heavy atom. The predicted molar refractivity (Wildman–Crippen MR) is 108 cm³/mol. The average molecular weight is 373 g/mol. The topological polar surface area (TPSA) is 34.0 Å². The molecule has 1 N–H and O–H groups in total. The highest BCUT2D eigenvalue weighted by Gasteiger charge is 2.11. The van der Waals surface area contributed by atoms with Gasteiger partial charge in [0, 0.05) is 39.3 Å². The molecule has 1 heterocycles. The molecule has 3 nitrogen and oxygen atoms in total. The number of aromatic nitrogens is 1. The van der Waals surface area contributed by atoms with Crippen LogP contribution in [0.2, 0.25) is 5.02 Å². The minimum atomic E-state index is -0.0303. The smallest absolute Gasteiger partial charge is 0.234 e. The molecule has 130 valence electrons. The number of hydrogen-bond donors (Lipinski definition) is 1. The summed E-state index contributed by atoms with van der Waals surface area (Å²) in [6.07, 6.45) is 3.23. The summed E-state index contributed by atoms with van der Waals surface area (Å²) in [7, 11) is 0. The van der Waals surface area contributed by atoms with Gasteiger partial charge in [-0.2, -0.15) is 0 Å². The van der Waals surface area contributed by atoms with E-state index in [2.05, 4.69) is 41.2 Å². The van der Waals surface area contributed by atoms with Crippen LogP contribution in [0.25, 0.3) is 10.9 Å². The molecule has 3 aromatic rings. The van der Waals surface area contributed by atoms with E-state index in [1.165, 1.54) is 10.9 Å². The van der Waals surface area contributed by atoms with Crippen molar-refractivity contribution in [1.82, 2.24) is 4.57 Å². The molecule has 0 aliphatic heterocycles. The third kappa shape index (κ3) is 4.20. The Balaban J connectivity index is 1.69. The zero-order valence-electron chi connectivity index (χ0n) is 14.4. The number of benzene rings is 2. The number of carbonyl (C=O) groups excluding carboxylic acids is 1. The number of amides is 1. The molecular formula is C20H21ClN2OS. The van der Waals surface area contributed by atoms with Crippen LogP contribution in [0.5, 0.6) is 0 Å². The highest BCUT2D eigenvalue weighted by Crippen LogP contribution is 2.30. The van der Waals surface area contributed by atoms with E-state index >= 15 is 0 Å². The molecule has 0 aliphatic rings. The average Bonchev–Trinajstić information content (AvgIpc) is 2.95. The maximum Gasteiger partial charge on any atom is 0.234 e. The Kier molecular flexibility index (Phi) is 5.71.